The number of nitrogens with zero attached hydrogens (tertiary/aromatic N) is 5. The maximum atomic E-state index is 12.6. The molecule has 162 valence electrons. The number of carbonyl (C=O) groups is 1. The van der Waals surface area contributed by atoms with Gasteiger partial charge in [-0.3, -0.25) is 4.79 Å². The average Bonchev–Trinajstić information content (AvgIpc) is 3.55. The van der Waals surface area contributed by atoms with E-state index in [1.165, 1.54) is 12.8 Å². The SMILES string of the molecule is C[C@H](Nc1cnc2cnn(C)c2n1)c1cccc(NC(=O)c2ccc(NC3CC3)nc2)c1. The van der Waals surface area contributed by atoms with Gasteiger partial charge in [-0.2, -0.15) is 5.10 Å². The van der Waals surface area contributed by atoms with Crippen molar-refractivity contribution >= 4 is 34.4 Å². The zero-order valence-corrected chi connectivity index (χ0v) is 17.9. The zero-order chi connectivity index (χ0) is 22.1. The summed E-state index contributed by atoms with van der Waals surface area (Å²) >= 11 is 0. The summed E-state index contributed by atoms with van der Waals surface area (Å²) in [5.41, 5.74) is 3.71. The van der Waals surface area contributed by atoms with E-state index in [9.17, 15) is 4.79 Å². The largest absolute Gasteiger partial charge is 0.367 e. The second-order valence-corrected chi connectivity index (χ2v) is 8.03. The van der Waals surface area contributed by atoms with Crippen molar-refractivity contribution in [3.05, 3.63) is 66.1 Å². The summed E-state index contributed by atoms with van der Waals surface area (Å²) in [7, 11) is 1.84. The Bertz CT molecular complexity index is 1260. The molecule has 1 aliphatic rings. The Labute approximate surface area is 185 Å². The number of aryl methyl sites for hydroxylation is 1. The third-order valence-corrected chi connectivity index (χ3v) is 5.41. The monoisotopic (exact) mass is 428 g/mol. The van der Waals surface area contributed by atoms with E-state index in [1.54, 1.807) is 29.3 Å². The van der Waals surface area contributed by atoms with Gasteiger partial charge in [0.1, 0.15) is 17.2 Å². The van der Waals surface area contributed by atoms with Crippen LogP contribution in [0.1, 0.15) is 41.7 Å². The summed E-state index contributed by atoms with van der Waals surface area (Å²) in [5, 5.41) is 13.8. The summed E-state index contributed by atoms with van der Waals surface area (Å²) in [6.45, 7) is 2.03. The van der Waals surface area contributed by atoms with Gasteiger partial charge in [0, 0.05) is 25.0 Å². The van der Waals surface area contributed by atoms with Crippen LogP contribution in [0.4, 0.5) is 17.3 Å². The molecule has 4 aromatic rings. The lowest BCUT2D eigenvalue weighted by Crippen LogP contribution is -2.14. The van der Waals surface area contributed by atoms with Crippen LogP contribution in [0.25, 0.3) is 11.2 Å². The van der Waals surface area contributed by atoms with Crippen LogP contribution in [0.2, 0.25) is 0 Å². The fourth-order valence-electron chi connectivity index (χ4n) is 3.43. The molecule has 32 heavy (non-hydrogen) atoms. The highest BCUT2D eigenvalue weighted by Gasteiger charge is 2.21. The molecule has 0 saturated heterocycles. The van der Waals surface area contributed by atoms with Crippen molar-refractivity contribution in [3.63, 3.8) is 0 Å². The van der Waals surface area contributed by atoms with E-state index in [0.717, 1.165) is 28.2 Å². The van der Waals surface area contributed by atoms with Gasteiger partial charge in [0.2, 0.25) is 0 Å². The standard InChI is InChI=1S/C23H24N8O/c1-14(27-21-13-24-19-12-26-31(2)22(19)30-21)15-4-3-5-18(10-15)29-23(32)16-6-9-20(25-11-16)28-17-7-8-17/h3-6,9-14,17H,7-8H2,1-2H3,(H,25,28)(H,27,30)(H,29,32)/t14-/m0/s1. The predicted molar refractivity (Wildman–Crippen MR) is 124 cm³/mol. The summed E-state index contributed by atoms with van der Waals surface area (Å²) in [6.07, 6.45) is 7.34. The predicted octanol–water partition coefficient (Wildman–Crippen LogP) is 3.76. The van der Waals surface area contributed by atoms with Crippen molar-refractivity contribution in [2.75, 3.05) is 16.0 Å². The minimum Gasteiger partial charge on any atom is -0.367 e. The van der Waals surface area contributed by atoms with Gasteiger partial charge in [-0.25, -0.2) is 19.6 Å². The van der Waals surface area contributed by atoms with Crippen LogP contribution in [-0.4, -0.2) is 36.7 Å². The highest BCUT2D eigenvalue weighted by atomic mass is 16.1. The number of anilines is 3. The molecular formula is C23H24N8O. The fourth-order valence-corrected chi connectivity index (χ4v) is 3.43. The van der Waals surface area contributed by atoms with Gasteiger partial charge in [-0.05, 0) is 49.6 Å². The smallest absolute Gasteiger partial charge is 0.257 e. The molecule has 1 amide bonds. The number of nitrogens with one attached hydrogen (secondary N) is 3. The molecule has 0 spiro atoms. The van der Waals surface area contributed by atoms with E-state index < -0.39 is 0 Å². The van der Waals surface area contributed by atoms with Gasteiger partial charge in [0.25, 0.3) is 5.91 Å². The van der Waals surface area contributed by atoms with E-state index in [2.05, 4.69) is 36.0 Å². The first-order chi connectivity index (χ1) is 15.5. The molecule has 1 aliphatic carbocycles. The van der Waals surface area contributed by atoms with E-state index in [4.69, 9.17) is 0 Å². The number of hydrogen-bond donors (Lipinski definition) is 3. The van der Waals surface area contributed by atoms with Gasteiger partial charge in [-0.15, -0.1) is 0 Å². The van der Waals surface area contributed by atoms with Crippen LogP contribution in [0.15, 0.2) is 55.0 Å². The molecule has 1 atom stereocenters. The molecule has 3 heterocycles. The summed E-state index contributed by atoms with van der Waals surface area (Å²) in [5.74, 6) is 1.27. The molecule has 9 nitrogen and oxygen atoms in total. The number of benzene rings is 1. The van der Waals surface area contributed by atoms with Crippen molar-refractivity contribution in [3.8, 4) is 0 Å². The summed E-state index contributed by atoms with van der Waals surface area (Å²) in [6, 6.07) is 11.8. The maximum absolute atomic E-state index is 12.6. The van der Waals surface area contributed by atoms with Crippen molar-refractivity contribution in [1.82, 2.24) is 24.7 Å². The first-order valence-corrected chi connectivity index (χ1v) is 10.6. The van der Waals surface area contributed by atoms with Crippen molar-refractivity contribution in [2.45, 2.75) is 31.8 Å². The van der Waals surface area contributed by atoms with Crippen LogP contribution in [0, 0.1) is 0 Å². The van der Waals surface area contributed by atoms with Crippen molar-refractivity contribution < 1.29 is 4.79 Å². The molecule has 9 heteroatoms. The maximum Gasteiger partial charge on any atom is 0.257 e. The second-order valence-electron chi connectivity index (χ2n) is 8.03. The van der Waals surface area contributed by atoms with Gasteiger partial charge < -0.3 is 16.0 Å². The molecule has 3 N–H and O–H groups in total. The molecule has 3 aromatic heterocycles. The number of amides is 1. The molecule has 0 bridgehead atoms. The molecule has 1 fully saturated rings. The third-order valence-electron chi connectivity index (χ3n) is 5.41. The van der Waals surface area contributed by atoms with Crippen molar-refractivity contribution in [2.24, 2.45) is 7.05 Å². The number of pyridine rings is 1. The number of rotatable bonds is 7. The number of fused-ring (bicyclic) bond motifs is 1. The molecule has 0 unspecified atom stereocenters. The molecule has 1 aromatic carbocycles. The van der Waals surface area contributed by atoms with Crippen LogP contribution < -0.4 is 16.0 Å². The van der Waals surface area contributed by atoms with Gasteiger partial charge in [0.05, 0.1) is 24.0 Å². The topological polar surface area (TPSA) is 110 Å². The normalized spacial score (nSPS) is 14.2. The molecule has 5 rings (SSSR count). The fraction of sp³-hybridized carbons (Fsp3) is 0.261. The van der Waals surface area contributed by atoms with Crippen LogP contribution in [0.3, 0.4) is 0 Å². The first-order valence-electron chi connectivity index (χ1n) is 10.6. The Morgan fingerprint density at radius 2 is 1.97 bits per heavy atom. The Kier molecular flexibility index (Phi) is 5.14. The van der Waals surface area contributed by atoms with Crippen molar-refractivity contribution in [1.29, 1.82) is 0 Å². The minimum absolute atomic E-state index is 0.0405. The Hall–Kier alpha value is -4.01. The Morgan fingerprint density at radius 1 is 1.09 bits per heavy atom. The molecule has 0 aliphatic heterocycles. The van der Waals surface area contributed by atoms with Gasteiger partial charge >= 0.3 is 0 Å². The third kappa shape index (κ3) is 4.36. The van der Waals surface area contributed by atoms with Gasteiger partial charge in [-0.1, -0.05) is 12.1 Å². The Morgan fingerprint density at radius 3 is 2.75 bits per heavy atom. The number of hydrogen-bond acceptors (Lipinski definition) is 7. The number of carbonyl (C=O) groups excluding carboxylic acids is 1. The quantitative estimate of drug-likeness (QED) is 0.411. The van der Waals surface area contributed by atoms with Crippen LogP contribution in [-0.2, 0) is 7.05 Å². The minimum atomic E-state index is -0.194. The molecule has 0 radical (unpaired) electrons. The highest BCUT2D eigenvalue weighted by Crippen LogP contribution is 2.24. The molecule has 1 saturated carbocycles. The number of aromatic nitrogens is 5. The van der Waals surface area contributed by atoms with E-state index >= 15 is 0 Å². The molecular weight excluding hydrogens is 404 g/mol. The first kappa shape index (κ1) is 19.9. The lowest BCUT2D eigenvalue weighted by molar-refractivity contribution is 0.102. The lowest BCUT2D eigenvalue weighted by Gasteiger charge is -2.16. The summed E-state index contributed by atoms with van der Waals surface area (Å²) < 4.78 is 1.69. The van der Waals surface area contributed by atoms with E-state index in [0.29, 0.717) is 17.4 Å². The average molecular weight is 429 g/mol. The second kappa shape index (κ2) is 8.26. The van der Waals surface area contributed by atoms with E-state index in [-0.39, 0.29) is 11.9 Å². The summed E-state index contributed by atoms with van der Waals surface area (Å²) in [4.78, 5) is 26.0. The van der Waals surface area contributed by atoms with Crippen LogP contribution >= 0.6 is 0 Å². The Balaban J connectivity index is 1.25. The van der Waals surface area contributed by atoms with E-state index in [1.807, 2.05) is 44.3 Å². The van der Waals surface area contributed by atoms with Gasteiger partial charge in [0.15, 0.2) is 5.65 Å². The lowest BCUT2D eigenvalue weighted by atomic mass is 10.1. The zero-order valence-electron chi connectivity index (χ0n) is 17.9. The highest BCUT2D eigenvalue weighted by molar-refractivity contribution is 6.04. The van der Waals surface area contributed by atoms with Crippen LogP contribution in [0.5, 0.6) is 0 Å².